The SMILES string of the molecule is Cc1ccc(S(=O)(=O)Nc2ccc(F)cc2)cc1C(=O)NCC(C)N(C)C1CC1. The summed E-state index contributed by atoms with van der Waals surface area (Å²) in [4.78, 5) is 14.9. The molecule has 8 heteroatoms. The van der Waals surface area contributed by atoms with Crippen LogP contribution in [0.4, 0.5) is 10.1 Å². The van der Waals surface area contributed by atoms with E-state index in [0.717, 1.165) is 0 Å². The zero-order valence-electron chi connectivity index (χ0n) is 16.8. The molecule has 156 valence electrons. The molecule has 2 aromatic rings. The summed E-state index contributed by atoms with van der Waals surface area (Å²) in [5, 5.41) is 2.90. The Balaban J connectivity index is 1.72. The molecule has 1 saturated carbocycles. The minimum Gasteiger partial charge on any atom is -0.350 e. The van der Waals surface area contributed by atoms with Crippen molar-refractivity contribution in [2.24, 2.45) is 0 Å². The maximum Gasteiger partial charge on any atom is 0.261 e. The molecule has 2 N–H and O–H groups in total. The average molecular weight is 420 g/mol. The van der Waals surface area contributed by atoms with Crippen molar-refractivity contribution in [3.63, 3.8) is 0 Å². The Hall–Kier alpha value is -2.45. The maximum atomic E-state index is 13.0. The van der Waals surface area contributed by atoms with Gasteiger partial charge in [0.25, 0.3) is 15.9 Å². The second-order valence-electron chi connectivity index (χ2n) is 7.54. The highest BCUT2D eigenvalue weighted by atomic mass is 32.2. The predicted molar refractivity (Wildman–Crippen MR) is 111 cm³/mol. The summed E-state index contributed by atoms with van der Waals surface area (Å²) in [6.45, 7) is 4.30. The lowest BCUT2D eigenvalue weighted by atomic mass is 10.1. The standard InChI is InChI=1S/C21H26FN3O3S/c1-14-4-11-19(29(27,28)24-17-7-5-16(22)6-8-17)12-20(14)21(26)23-13-15(2)25(3)18-9-10-18/h4-8,11-12,15,18,24H,9-10,13H2,1-3H3,(H,23,26). The molecule has 1 amide bonds. The smallest absolute Gasteiger partial charge is 0.261 e. The van der Waals surface area contributed by atoms with Crippen LogP contribution in [0.2, 0.25) is 0 Å². The summed E-state index contributed by atoms with van der Waals surface area (Å²) in [6, 6.07) is 10.2. The van der Waals surface area contributed by atoms with Gasteiger partial charge in [0.2, 0.25) is 0 Å². The van der Waals surface area contributed by atoms with Gasteiger partial charge in [-0.2, -0.15) is 0 Å². The first-order valence-corrected chi connectivity index (χ1v) is 11.0. The Kier molecular flexibility index (Phi) is 6.24. The van der Waals surface area contributed by atoms with Gasteiger partial charge in [-0.15, -0.1) is 0 Å². The molecule has 0 radical (unpaired) electrons. The zero-order valence-corrected chi connectivity index (χ0v) is 17.6. The number of hydrogen-bond acceptors (Lipinski definition) is 4. The molecule has 0 spiro atoms. The van der Waals surface area contributed by atoms with Crippen LogP contribution in [0.15, 0.2) is 47.4 Å². The van der Waals surface area contributed by atoms with Gasteiger partial charge >= 0.3 is 0 Å². The number of hydrogen-bond donors (Lipinski definition) is 2. The van der Waals surface area contributed by atoms with Gasteiger partial charge in [-0.25, -0.2) is 12.8 Å². The highest BCUT2D eigenvalue weighted by Gasteiger charge is 2.29. The van der Waals surface area contributed by atoms with E-state index in [1.165, 1.54) is 49.2 Å². The number of nitrogens with zero attached hydrogens (tertiary/aromatic N) is 1. The van der Waals surface area contributed by atoms with E-state index in [0.29, 0.717) is 23.7 Å². The molecular formula is C21H26FN3O3S. The minimum atomic E-state index is -3.91. The summed E-state index contributed by atoms with van der Waals surface area (Å²) in [5.74, 6) is -0.763. The molecule has 0 saturated heterocycles. The molecule has 1 unspecified atom stereocenters. The van der Waals surface area contributed by atoms with E-state index in [2.05, 4.69) is 21.9 Å². The number of sulfonamides is 1. The Labute approximate surface area is 171 Å². The summed E-state index contributed by atoms with van der Waals surface area (Å²) in [6.07, 6.45) is 2.38. The molecule has 0 aliphatic heterocycles. The molecule has 6 nitrogen and oxygen atoms in total. The maximum absolute atomic E-state index is 13.0. The molecule has 0 bridgehead atoms. The highest BCUT2D eigenvalue weighted by molar-refractivity contribution is 7.92. The monoisotopic (exact) mass is 419 g/mol. The molecule has 1 aliphatic rings. The fraction of sp³-hybridized carbons (Fsp3) is 0.381. The summed E-state index contributed by atoms with van der Waals surface area (Å²) >= 11 is 0. The van der Waals surface area contributed by atoms with Gasteiger partial charge in [-0.3, -0.25) is 14.4 Å². The Morgan fingerprint density at radius 2 is 1.86 bits per heavy atom. The van der Waals surface area contributed by atoms with E-state index in [1.54, 1.807) is 13.0 Å². The summed E-state index contributed by atoms with van der Waals surface area (Å²) < 4.78 is 40.8. The minimum absolute atomic E-state index is 0.0271. The number of carbonyl (C=O) groups excluding carboxylic acids is 1. The van der Waals surface area contributed by atoms with Gasteiger partial charge in [0.15, 0.2) is 0 Å². The molecule has 1 fully saturated rings. The van der Waals surface area contributed by atoms with E-state index in [9.17, 15) is 17.6 Å². The van der Waals surface area contributed by atoms with Crippen molar-refractivity contribution < 1.29 is 17.6 Å². The number of amides is 1. The van der Waals surface area contributed by atoms with Crippen LogP contribution in [-0.2, 0) is 10.0 Å². The van der Waals surface area contributed by atoms with Crippen molar-refractivity contribution >= 4 is 21.6 Å². The lowest BCUT2D eigenvalue weighted by molar-refractivity contribution is 0.0938. The van der Waals surface area contributed by atoms with E-state index in [1.807, 2.05) is 7.05 Å². The van der Waals surface area contributed by atoms with E-state index in [-0.39, 0.29) is 22.5 Å². The number of likely N-dealkylation sites (N-methyl/N-ethyl adjacent to an activating group) is 1. The van der Waals surface area contributed by atoms with E-state index >= 15 is 0 Å². The fourth-order valence-corrected chi connectivity index (χ4v) is 4.15. The van der Waals surface area contributed by atoms with Crippen LogP contribution >= 0.6 is 0 Å². The van der Waals surface area contributed by atoms with E-state index in [4.69, 9.17) is 0 Å². The number of aryl methyl sites for hydroxylation is 1. The lowest BCUT2D eigenvalue weighted by Crippen LogP contribution is -2.41. The van der Waals surface area contributed by atoms with Crippen molar-refractivity contribution in [1.82, 2.24) is 10.2 Å². The molecule has 29 heavy (non-hydrogen) atoms. The van der Waals surface area contributed by atoms with Crippen LogP contribution in [0.5, 0.6) is 0 Å². The van der Waals surface area contributed by atoms with Crippen molar-refractivity contribution in [3.05, 3.63) is 59.4 Å². The number of anilines is 1. The van der Waals surface area contributed by atoms with Gasteiger partial charge in [-0.05, 0) is 75.7 Å². The topological polar surface area (TPSA) is 78.5 Å². The third-order valence-corrected chi connectivity index (χ3v) is 6.62. The lowest BCUT2D eigenvalue weighted by Gasteiger charge is -2.24. The van der Waals surface area contributed by atoms with Crippen LogP contribution < -0.4 is 10.0 Å². The second-order valence-corrected chi connectivity index (χ2v) is 9.23. The first kappa shape index (κ1) is 21.3. The molecule has 0 aromatic heterocycles. The Morgan fingerprint density at radius 3 is 2.48 bits per heavy atom. The molecule has 2 aromatic carbocycles. The summed E-state index contributed by atoms with van der Waals surface area (Å²) in [5.41, 5.74) is 1.25. The molecule has 1 aliphatic carbocycles. The Morgan fingerprint density at radius 1 is 1.21 bits per heavy atom. The van der Waals surface area contributed by atoms with Crippen molar-refractivity contribution in [1.29, 1.82) is 0 Å². The van der Waals surface area contributed by atoms with Crippen molar-refractivity contribution in [2.75, 3.05) is 18.3 Å². The van der Waals surface area contributed by atoms with Crippen LogP contribution in [0.3, 0.4) is 0 Å². The third-order valence-electron chi connectivity index (χ3n) is 5.24. The van der Waals surface area contributed by atoms with Crippen LogP contribution in [0, 0.1) is 12.7 Å². The van der Waals surface area contributed by atoms with Gasteiger partial charge in [-0.1, -0.05) is 6.07 Å². The van der Waals surface area contributed by atoms with Gasteiger partial charge < -0.3 is 5.32 Å². The van der Waals surface area contributed by atoms with Crippen molar-refractivity contribution in [2.45, 2.75) is 43.7 Å². The van der Waals surface area contributed by atoms with Gasteiger partial charge in [0.05, 0.1) is 4.90 Å². The molecule has 3 rings (SSSR count). The fourth-order valence-electron chi connectivity index (χ4n) is 3.07. The highest BCUT2D eigenvalue weighted by Crippen LogP contribution is 2.26. The number of carbonyl (C=O) groups is 1. The normalized spacial score (nSPS) is 15.2. The molecule has 0 heterocycles. The zero-order chi connectivity index (χ0) is 21.2. The molecule has 1 atom stereocenters. The third kappa shape index (κ3) is 5.33. The Bertz CT molecular complexity index is 989. The first-order chi connectivity index (χ1) is 13.7. The van der Waals surface area contributed by atoms with Crippen LogP contribution in [0.1, 0.15) is 35.7 Å². The first-order valence-electron chi connectivity index (χ1n) is 9.56. The van der Waals surface area contributed by atoms with Crippen LogP contribution in [-0.4, -0.2) is 44.9 Å². The summed E-state index contributed by atoms with van der Waals surface area (Å²) in [7, 11) is -1.86. The average Bonchev–Trinajstić information content (AvgIpc) is 3.52. The van der Waals surface area contributed by atoms with Gasteiger partial charge in [0.1, 0.15) is 5.82 Å². The number of halogens is 1. The second kappa shape index (κ2) is 8.51. The van der Waals surface area contributed by atoms with Crippen LogP contribution in [0.25, 0.3) is 0 Å². The quantitative estimate of drug-likeness (QED) is 0.689. The number of nitrogens with one attached hydrogen (secondary N) is 2. The predicted octanol–water partition coefficient (Wildman–Crippen LogP) is 3.15. The molecular weight excluding hydrogens is 393 g/mol. The van der Waals surface area contributed by atoms with Crippen molar-refractivity contribution in [3.8, 4) is 0 Å². The largest absolute Gasteiger partial charge is 0.350 e. The van der Waals surface area contributed by atoms with E-state index < -0.39 is 15.8 Å². The number of rotatable bonds is 8. The number of benzene rings is 2. The van der Waals surface area contributed by atoms with Gasteiger partial charge in [0, 0.05) is 29.9 Å².